The van der Waals surface area contributed by atoms with Gasteiger partial charge in [0.15, 0.2) is 23.3 Å². The molecular formula is C23H44O5. The maximum Gasteiger partial charge on any atom is 0.178 e. The minimum atomic E-state index is -2.36. The van der Waals surface area contributed by atoms with Crippen LogP contribution in [-0.2, 0) is 9.59 Å². The van der Waals surface area contributed by atoms with Gasteiger partial charge in [0.25, 0.3) is 0 Å². The number of aliphatic hydroxyl groups is 3. The highest BCUT2D eigenvalue weighted by atomic mass is 16.4. The van der Waals surface area contributed by atoms with Gasteiger partial charge in [-0.15, -0.1) is 0 Å². The van der Waals surface area contributed by atoms with Gasteiger partial charge in [-0.25, -0.2) is 0 Å². The van der Waals surface area contributed by atoms with Crippen LogP contribution < -0.4 is 0 Å². The fourth-order valence-electron chi connectivity index (χ4n) is 3.49. The zero-order chi connectivity index (χ0) is 21.3. The van der Waals surface area contributed by atoms with Crippen LogP contribution in [0.1, 0.15) is 117 Å². The van der Waals surface area contributed by atoms with Crippen molar-refractivity contribution in [2.75, 3.05) is 6.61 Å². The molecule has 0 aliphatic heterocycles. The van der Waals surface area contributed by atoms with Crippen molar-refractivity contribution in [1.29, 1.82) is 0 Å². The Balaban J connectivity index is 3.77. The highest BCUT2D eigenvalue weighted by Crippen LogP contribution is 2.19. The average Bonchev–Trinajstić information content (AvgIpc) is 2.70. The quantitative estimate of drug-likeness (QED) is 0.262. The van der Waals surface area contributed by atoms with Gasteiger partial charge >= 0.3 is 0 Å². The third-order valence-electron chi connectivity index (χ3n) is 5.49. The van der Waals surface area contributed by atoms with Gasteiger partial charge in [-0.1, -0.05) is 90.9 Å². The SMILES string of the molecule is CCCCCCCCCCCCCCCC(=O)C(O)C(O)(CO)C(=O)CCC. The van der Waals surface area contributed by atoms with E-state index in [1.807, 2.05) is 0 Å². The van der Waals surface area contributed by atoms with Gasteiger partial charge in [0.2, 0.25) is 0 Å². The van der Waals surface area contributed by atoms with Crippen molar-refractivity contribution < 1.29 is 24.9 Å². The molecule has 0 aromatic heterocycles. The summed E-state index contributed by atoms with van der Waals surface area (Å²) in [5, 5.41) is 29.5. The van der Waals surface area contributed by atoms with Gasteiger partial charge in [-0.3, -0.25) is 9.59 Å². The fraction of sp³-hybridized carbons (Fsp3) is 0.913. The Labute approximate surface area is 171 Å². The van der Waals surface area contributed by atoms with Crippen molar-refractivity contribution in [1.82, 2.24) is 0 Å². The van der Waals surface area contributed by atoms with Crippen LogP contribution in [0.3, 0.4) is 0 Å². The molecule has 0 aromatic carbocycles. The van der Waals surface area contributed by atoms with Crippen LogP contribution in [-0.4, -0.2) is 45.2 Å². The topological polar surface area (TPSA) is 94.8 Å². The second-order valence-electron chi connectivity index (χ2n) is 8.12. The molecular weight excluding hydrogens is 356 g/mol. The van der Waals surface area contributed by atoms with Crippen molar-refractivity contribution in [3.05, 3.63) is 0 Å². The fourth-order valence-corrected chi connectivity index (χ4v) is 3.49. The van der Waals surface area contributed by atoms with Gasteiger partial charge < -0.3 is 15.3 Å². The number of aliphatic hydroxyl groups excluding tert-OH is 2. The van der Waals surface area contributed by atoms with Gasteiger partial charge in [0, 0.05) is 12.8 Å². The van der Waals surface area contributed by atoms with Crippen LogP contribution >= 0.6 is 0 Å². The first-order valence-corrected chi connectivity index (χ1v) is 11.5. The molecule has 28 heavy (non-hydrogen) atoms. The molecule has 0 rings (SSSR count). The van der Waals surface area contributed by atoms with E-state index in [1.54, 1.807) is 6.92 Å². The van der Waals surface area contributed by atoms with E-state index in [0.29, 0.717) is 12.8 Å². The summed E-state index contributed by atoms with van der Waals surface area (Å²) in [5.41, 5.74) is -2.36. The first-order valence-electron chi connectivity index (χ1n) is 11.5. The predicted octanol–water partition coefficient (Wildman–Crippen LogP) is 4.49. The first-order chi connectivity index (χ1) is 13.4. The molecule has 0 amide bonds. The molecule has 0 fully saturated rings. The number of ketones is 2. The Morgan fingerprint density at radius 3 is 1.54 bits per heavy atom. The molecule has 0 aromatic rings. The van der Waals surface area contributed by atoms with E-state index in [2.05, 4.69) is 6.92 Å². The van der Waals surface area contributed by atoms with Crippen LogP contribution in [0.5, 0.6) is 0 Å². The third-order valence-corrected chi connectivity index (χ3v) is 5.49. The zero-order valence-electron chi connectivity index (χ0n) is 18.3. The molecule has 0 aliphatic rings. The number of hydrogen-bond donors (Lipinski definition) is 3. The highest BCUT2D eigenvalue weighted by molar-refractivity contribution is 5.96. The lowest BCUT2D eigenvalue weighted by Gasteiger charge is -2.28. The molecule has 2 unspecified atom stereocenters. The first kappa shape index (κ1) is 27.2. The number of rotatable bonds is 20. The summed E-state index contributed by atoms with van der Waals surface area (Å²) in [6, 6.07) is 0. The number of unbranched alkanes of at least 4 members (excludes halogenated alkanes) is 12. The lowest BCUT2D eigenvalue weighted by atomic mass is 9.86. The zero-order valence-corrected chi connectivity index (χ0v) is 18.3. The van der Waals surface area contributed by atoms with E-state index in [9.17, 15) is 24.9 Å². The molecule has 5 nitrogen and oxygen atoms in total. The molecule has 0 bridgehead atoms. The van der Waals surface area contributed by atoms with Gasteiger partial charge in [0.05, 0.1) is 6.61 Å². The van der Waals surface area contributed by atoms with E-state index < -0.39 is 29.9 Å². The number of Topliss-reactive ketones (excluding diaryl/α,β-unsaturated/α-hetero) is 2. The summed E-state index contributed by atoms with van der Waals surface area (Å²) in [7, 11) is 0. The van der Waals surface area contributed by atoms with Crippen LogP contribution in [0, 0.1) is 0 Å². The summed E-state index contributed by atoms with van der Waals surface area (Å²) < 4.78 is 0. The number of hydrogen-bond acceptors (Lipinski definition) is 5. The molecule has 0 saturated carbocycles. The molecule has 2 atom stereocenters. The predicted molar refractivity (Wildman–Crippen MR) is 113 cm³/mol. The maximum absolute atomic E-state index is 12.1. The van der Waals surface area contributed by atoms with Crippen molar-refractivity contribution in [2.45, 2.75) is 128 Å². The number of carbonyl (C=O) groups excluding carboxylic acids is 2. The summed E-state index contributed by atoms with van der Waals surface area (Å²) in [5.74, 6) is -1.24. The van der Waals surface area contributed by atoms with Crippen LogP contribution in [0.2, 0.25) is 0 Å². The van der Waals surface area contributed by atoms with Crippen LogP contribution in [0.4, 0.5) is 0 Å². The van der Waals surface area contributed by atoms with Crippen molar-refractivity contribution >= 4 is 11.6 Å². The Kier molecular flexibility index (Phi) is 16.6. The third kappa shape index (κ3) is 11.3. The van der Waals surface area contributed by atoms with Crippen LogP contribution in [0.15, 0.2) is 0 Å². The van der Waals surface area contributed by atoms with E-state index in [4.69, 9.17) is 0 Å². The monoisotopic (exact) mass is 400 g/mol. The number of carbonyl (C=O) groups is 2. The molecule has 0 radical (unpaired) electrons. The molecule has 5 heteroatoms. The molecule has 0 heterocycles. The van der Waals surface area contributed by atoms with E-state index in [-0.39, 0.29) is 12.8 Å². The Hall–Kier alpha value is -0.780. The standard InChI is InChI=1S/C23H44O5/c1-3-5-6-7-8-9-10-11-12-13-14-15-16-18-20(25)22(27)23(28,19-24)21(26)17-4-2/h22,24,27-28H,3-19H2,1-2H3. The van der Waals surface area contributed by atoms with Crippen molar-refractivity contribution in [3.8, 4) is 0 Å². The van der Waals surface area contributed by atoms with Gasteiger partial charge in [-0.05, 0) is 12.8 Å². The minimum absolute atomic E-state index is 0.0279. The maximum atomic E-state index is 12.1. The molecule has 0 aliphatic carbocycles. The van der Waals surface area contributed by atoms with Crippen LogP contribution in [0.25, 0.3) is 0 Å². The van der Waals surface area contributed by atoms with Gasteiger partial charge in [-0.2, -0.15) is 0 Å². The molecule has 0 saturated heterocycles. The average molecular weight is 401 g/mol. The summed E-state index contributed by atoms with van der Waals surface area (Å²) in [6.07, 6.45) is 14.4. The minimum Gasteiger partial charge on any atom is -0.393 e. The summed E-state index contributed by atoms with van der Waals surface area (Å²) in [4.78, 5) is 24.0. The summed E-state index contributed by atoms with van der Waals surface area (Å²) in [6.45, 7) is 3.07. The lowest BCUT2D eigenvalue weighted by molar-refractivity contribution is -0.165. The Morgan fingerprint density at radius 2 is 1.14 bits per heavy atom. The van der Waals surface area contributed by atoms with E-state index in [0.717, 1.165) is 19.3 Å². The smallest absolute Gasteiger partial charge is 0.178 e. The molecule has 166 valence electrons. The lowest BCUT2D eigenvalue weighted by Crippen LogP contribution is -2.55. The van der Waals surface area contributed by atoms with E-state index >= 15 is 0 Å². The highest BCUT2D eigenvalue weighted by Gasteiger charge is 2.45. The summed E-state index contributed by atoms with van der Waals surface area (Å²) >= 11 is 0. The largest absolute Gasteiger partial charge is 0.393 e. The second kappa shape index (κ2) is 17.1. The van der Waals surface area contributed by atoms with E-state index in [1.165, 1.54) is 57.8 Å². The Morgan fingerprint density at radius 1 is 0.714 bits per heavy atom. The van der Waals surface area contributed by atoms with Crippen molar-refractivity contribution in [3.63, 3.8) is 0 Å². The second-order valence-corrected chi connectivity index (χ2v) is 8.12. The van der Waals surface area contributed by atoms with Crippen molar-refractivity contribution in [2.24, 2.45) is 0 Å². The Bertz CT molecular complexity index is 410. The van der Waals surface area contributed by atoms with Gasteiger partial charge in [0.1, 0.15) is 0 Å². The molecule has 3 N–H and O–H groups in total. The molecule has 0 spiro atoms. The normalized spacial score (nSPS) is 14.6.